The van der Waals surface area contributed by atoms with Crippen molar-refractivity contribution >= 4 is 28.2 Å². The SMILES string of the molecule is NC(=NO)c1nccc2c(F)c(Cl)ccc12. The summed E-state index contributed by atoms with van der Waals surface area (Å²) in [6, 6.07) is 4.45. The third kappa shape index (κ3) is 1.55. The number of hydrogen-bond acceptors (Lipinski definition) is 3. The normalized spacial score (nSPS) is 12.0. The Bertz CT molecular complexity index is 586. The van der Waals surface area contributed by atoms with Gasteiger partial charge < -0.3 is 10.9 Å². The first-order chi connectivity index (χ1) is 7.65. The van der Waals surface area contributed by atoms with Gasteiger partial charge in [0.1, 0.15) is 11.5 Å². The molecule has 0 saturated carbocycles. The van der Waals surface area contributed by atoms with Gasteiger partial charge in [0.2, 0.25) is 0 Å². The smallest absolute Gasteiger partial charge is 0.189 e. The van der Waals surface area contributed by atoms with Crippen LogP contribution in [-0.4, -0.2) is 16.0 Å². The van der Waals surface area contributed by atoms with Gasteiger partial charge >= 0.3 is 0 Å². The largest absolute Gasteiger partial charge is 0.409 e. The van der Waals surface area contributed by atoms with Crippen molar-refractivity contribution in [3.8, 4) is 0 Å². The molecule has 0 aliphatic carbocycles. The van der Waals surface area contributed by atoms with Gasteiger partial charge in [-0.15, -0.1) is 0 Å². The molecule has 0 saturated heterocycles. The average Bonchev–Trinajstić information content (AvgIpc) is 2.32. The van der Waals surface area contributed by atoms with Gasteiger partial charge in [-0.2, -0.15) is 0 Å². The second kappa shape index (κ2) is 3.94. The van der Waals surface area contributed by atoms with Gasteiger partial charge in [0.15, 0.2) is 5.84 Å². The summed E-state index contributed by atoms with van der Waals surface area (Å²) >= 11 is 5.65. The van der Waals surface area contributed by atoms with Gasteiger partial charge in [0, 0.05) is 17.0 Å². The number of pyridine rings is 1. The molecule has 0 radical (unpaired) electrons. The van der Waals surface area contributed by atoms with Gasteiger partial charge in [-0.25, -0.2) is 4.39 Å². The van der Waals surface area contributed by atoms with E-state index in [2.05, 4.69) is 10.1 Å². The standard InChI is InChI=1S/C10H7ClFN3O/c11-7-2-1-6-5(8(7)12)3-4-14-9(6)10(13)15-16/h1-4,16H,(H2,13,15). The van der Waals surface area contributed by atoms with Crippen LogP contribution < -0.4 is 5.73 Å². The van der Waals surface area contributed by atoms with Gasteiger partial charge in [-0.05, 0) is 12.1 Å². The Morgan fingerprint density at radius 2 is 2.12 bits per heavy atom. The van der Waals surface area contributed by atoms with E-state index in [4.69, 9.17) is 22.5 Å². The maximum atomic E-state index is 13.6. The number of benzene rings is 1. The maximum Gasteiger partial charge on any atom is 0.189 e. The monoisotopic (exact) mass is 239 g/mol. The zero-order valence-electron chi connectivity index (χ0n) is 7.98. The second-order valence-electron chi connectivity index (χ2n) is 3.10. The first-order valence-electron chi connectivity index (χ1n) is 4.35. The topological polar surface area (TPSA) is 71.5 Å². The fourth-order valence-electron chi connectivity index (χ4n) is 1.44. The summed E-state index contributed by atoms with van der Waals surface area (Å²) in [7, 11) is 0. The average molecular weight is 240 g/mol. The van der Waals surface area contributed by atoms with Gasteiger partial charge in [0.05, 0.1) is 5.02 Å². The number of rotatable bonds is 1. The highest BCUT2D eigenvalue weighted by Crippen LogP contribution is 2.25. The lowest BCUT2D eigenvalue weighted by atomic mass is 10.1. The molecule has 4 nitrogen and oxygen atoms in total. The minimum atomic E-state index is -0.548. The van der Waals surface area contributed by atoms with E-state index in [-0.39, 0.29) is 21.9 Å². The van der Waals surface area contributed by atoms with Gasteiger partial charge in [-0.1, -0.05) is 22.8 Å². The third-order valence-corrected chi connectivity index (χ3v) is 2.47. The first-order valence-corrected chi connectivity index (χ1v) is 4.73. The summed E-state index contributed by atoms with van der Waals surface area (Å²) in [6.45, 7) is 0. The highest BCUT2D eigenvalue weighted by molar-refractivity contribution is 6.31. The molecule has 2 rings (SSSR count). The van der Waals surface area contributed by atoms with Crippen LogP contribution in [0.3, 0.4) is 0 Å². The van der Waals surface area contributed by atoms with Crippen LogP contribution in [0, 0.1) is 5.82 Å². The molecule has 16 heavy (non-hydrogen) atoms. The van der Waals surface area contributed by atoms with Crippen molar-refractivity contribution in [2.75, 3.05) is 0 Å². The Hall–Kier alpha value is -1.88. The van der Waals surface area contributed by atoms with Crippen molar-refractivity contribution in [3.05, 3.63) is 40.9 Å². The molecule has 3 N–H and O–H groups in total. The Kier molecular flexibility index (Phi) is 2.62. The molecule has 82 valence electrons. The van der Waals surface area contributed by atoms with E-state index in [1.807, 2.05) is 0 Å². The highest BCUT2D eigenvalue weighted by Gasteiger charge is 2.11. The number of nitrogens with two attached hydrogens (primary N) is 1. The summed E-state index contributed by atoms with van der Waals surface area (Å²) in [5, 5.41) is 12.2. The Labute approximate surface area is 95.1 Å². The van der Waals surface area contributed by atoms with Crippen molar-refractivity contribution in [1.29, 1.82) is 0 Å². The van der Waals surface area contributed by atoms with E-state index in [1.54, 1.807) is 6.07 Å². The zero-order valence-corrected chi connectivity index (χ0v) is 8.74. The Morgan fingerprint density at radius 1 is 1.38 bits per heavy atom. The molecular formula is C10H7ClFN3O. The predicted octanol–water partition coefficient (Wildman–Crippen LogP) is 2.12. The molecule has 1 aromatic heterocycles. The number of aromatic nitrogens is 1. The van der Waals surface area contributed by atoms with Crippen LogP contribution in [0.4, 0.5) is 4.39 Å². The van der Waals surface area contributed by atoms with Crippen LogP contribution in [0.25, 0.3) is 10.8 Å². The van der Waals surface area contributed by atoms with E-state index in [0.717, 1.165) is 0 Å². The fraction of sp³-hybridized carbons (Fsp3) is 0. The second-order valence-corrected chi connectivity index (χ2v) is 3.51. The molecule has 6 heteroatoms. The molecular weight excluding hydrogens is 233 g/mol. The maximum absolute atomic E-state index is 13.6. The molecule has 1 aromatic carbocycles. The number of nitrogens with zero attached hydrogens (tertiary/aromatic N) is 2. The number of fused-ring (bicyclic) bond motifs is 1. The molecule has 0 aliphatic heterocycles. The van der Waals surface area contributed by atoms with E-state index in [0.29, 0.717) is 5.39 Å². The molecule has 0 spiro atoms. The van der Waals surface area contributed by atoms with Crippen LogP contribution in [0.15, 0.2) is 29.6 Å². The summed E-state index contributed by atoms with van der Waals surface area (Å²) in [6.07, 6.45) is 1.37. The van der Waals surface area contributed by atoms with Crippen LogP contribution in [-0.2, 0) is 0 Å². The summed E-state index contributed by atoms with van der Waals surface area (Å²) < 4.78 is 13.6. The van der Waals surface area contributed by atoms with Gasteiger partial charge in [-0.3, -0.25) is 4.98 Å². The lowest BCUT2D eigenvalue weighted by Gasteiger charge is -2.05. The van der Waals surface area contributed by atoms with Crippen molar-refractivity contribution in [3.63, 3.8) is 0 Å². The van der Waals surface area contributed by atoms with Crippen molar-refractivity contribution < 1.29 is 9.60 Å². The number of halogens is 2. The van der Waals surface area contributed by atoms with E-state index in [9.17, 15) is 4.39 Å². The van der Waals surface area contributed by atoms with Crippen molar-refractivity contribution in [2.24, 2.45) is 10.9 Å². The predicted molar refractivity (Wildman–Crippen MR) is 59.2 cm³/mol. The van der Waals surface area contributed by atoms with Gasteiger partial charge in [0.25, 0.3) is 0 Å². The zero-order chi connectivity index (χ0) is 11.7. The van der Waals surface area contributed by atoms with Crippen molar-refractivity contribution in [1.82, 2.24) is 4.98 Å². The fourth-order valence-corrected chi connectivity index (χ4v) is 1.61. The molecule has 0 fully saturated rings. The van der Waals surface area contributed by atoms with Crippen molar-refractivity contribution in [2.45, 2.75) is 0 Å². The third-order valence-electron chi connectivity index (χ3n) is 2.18. The summed E-state index contributed by atoms with van der Waals surface area (Å²) in [4.78, 5) is 3.92. The van der Waals surface area contributed by atoms with E-state index < -0.39 is 5.82 Å². The number of hydrogen-bond donors (Lipinski definition) is 2. The molecule has 0 atom stereocenters. The number of amidine groups is 1. The minimum Gasteiger partial charge on any atom is -0.409 e. The van der Waals surface area contributed by atoms with Crippen LogP contribution >= 0.6 is 11.6 Å². The molecule has 0 amide bonds. The summed E-state index contributed by atoms with van der Waals surface area (Å²) in [5.41, 5.74) is 5.65. The lowest BCUT2D eigenvalue weighted by molar-refractivity contribution is 0.318. The van der Waals surface area contributed by atoms with Crippen LogP contribution in [0.2, 0.25) is 5.02 Å². The molecule has 0 bridgehead atoms. The van der Waals surface area contributed by atoms with Crippen LogP contribution in [0.5, 0.6) is 0 Å². The molecule has 0 aliphatic rings. The molecule has 2 aromatic rings. The molecule has 1 heterocycles. The first kappa shape index (κ1) is 10.6. The van der Waals surface area contributed by atoms with E-state index in [1.165, 1.54) is 18.3 Å². The quantitative estimate of drug-likeness (QED) is 0.347. The van der Waals surface area contributed by atoms with Crippen LogP contribution in [0.1, 0.15) is 5.69 Å². The van der Waals surface area contributed by atoms with E-state index >= 15 is 0 Å². The minimum absolute atomic E-state index is 0.0177. The Balaban J connectivity index is 2.85. The highest BCUT2D eigenvalue weighted by atomic mass is 35.5. The Morgan fingerprint density at radius 3 is 2.81 bits per heavy atom. The molecule has 0 unspecified atom stereocenters. The summed E-state index contributed by atoms with van der Waals surface area (Å²) in [5.74, 6) is -0.721. The lowest BCUT2D eigenvalue weighted by Crippen LogP contribution is -2.15. The number of oxime groups is 1.